The number of hydrogen-bond acceptors (Lipinski definition) is 0. The van der Waals surface area contributed by atoms with Crippen LogP contribution in [-0.4, -0.2) is 8.41 Å². The number of rotatable bonds is 0. The van der Waals surface area contributed by atoms with Crippen LogP contribution in [0.4, 0.5) is 0 Å². The molecular weight excluding hydrogens is 178 g/mol. The molecule has 0 atom stereocenters. The van der Waals surface area contributed by atoms with Gasteiger partial charge in [-0.25, -0.2) is 0 Å². The predicted octanol–water partition coefficient (Wildman–Crippen LogP) is -0.388. The Labute approximate surface area is 59.5 Å². The fraction of sp³-hybridized carbons (Fsp3) is 0. The zero-order valence-electron chi connectivity index (χ0n) is 1.67. The molecule has 0 aliphatic heterocycles. The second-order valence-corrected chi connectivity index (χ2v) is 0. The van der Waals surface area contributed by atoms with Gasteiger partial charge in [-0.2, -0.15) is 0 Å². The van der Waals surface area contributed by atoms with Gasteiger partial charge in [0.05, 0.1) is 0 Å². The Morgan fingerprint density at radius 3 is 1.00 bits per heavy atom. The van der Waals surface area contributed by atoms with E-state index in [-0.39, 0.29) is 59.6 Å². The van der Waals surface area contributed by atoms with Crippen LogP contribution >= 0.6 is 0 Å². The average Bonchev–Trinajstić information content (AvgIpc) is 0. The molecule has 26 valence electrons. The van der Waals surface area contributed by atoms with Crippen molar-refractivity contribution in [3.8, 4) is 0 Å². The molecule has 0 amide bonds. The Bertz CT molecular complexity index is 8.00. The Balaban J connectivity index is 0. The molecule has 0 saturated carbocycles. The smallest absolute Gasteiger partial charge is 0 e. The molecule has 4 heavy (non-hydrogen) atoms. The van der Waals surface area contributed by atoms with Crippen LogP contribution in [-0.2, 0) is 51.2 Å². The van der Waals surface area contributed by atoms with E-state index in [1.165, 1.54) is 0 Å². The van der Waals surface area contributed by atoms with E-state index in [1.807, 2.05) is 0 Å². The van der Waals surface area contributed by atoms with Gasteiger partial charge in [-0.3, -0.25) is 0 Å². The first-order valence-electron chi connectivity index (χ1n) is 0. The summed E-state index contributed by atoms with van der Waals surface area (Å²) < 4.78 is 0. The van der Waals surface area contributed by atoms with Crippen molar-refractivity contribution < 1.29 is 51.2 Å². The van der Waals surface area contributed by atoms with Crippen LogP contribution in [0.2, 0.25) is 0 Å². The zero-order valence-corrected chi connectivity index (χ0v) is 5.09. The van der Waals surface area contributed by atoms with Crippen molar-refractivity contribution in [2.24, 2.45) is 0 Å². The SMILES string of the molecule is [B].[Co].[Cr].[Fe]. The Hall–Kier alpha value is 1.62. The van der Waals surface area contributed by atoms with Crippen LogP contribution < -0.4 is 0 Å². The molecule has 4 radical (unpaired) electrons. The fourth-order valence-corrected chi connectivity index (χ4v) is 0. The Kier molecular flexibility index (Phi) is 263. The van der Waals surface area contributed by atoms with Crippen LogP contribution in [0.3, 0.4) is 0 Å². The maximum absolute atomic E-state index is 0. The van der Waals surface area contributed by atoms with E-state index in [0.717, 1.165) is 0 Å². The molecule has 0 rings (SSSR count). The molecule has 0 aromatic carbocycles. The second-order valence-electron chi connectivity index (χ2n) is 0. The topological polar surface area (TPSA) is 0 Å². The van der Waals surface area contributed by atoms with Crippen molar-refractivity contribution in [1.82, 2.24) is 0 Å². The largest absolute Gasteiger partial charge is 0 e. The van der Waals surface area contributed by atoms with E-state index in [2.05, 4.69) is 0 Å². The summed E-state index contributed by atoms with van der Waals surface area (Å²) in [5.41, 5.74) is 0. The van der Waals surface area contributed by atoms with Crippen molar-refractivity contribution in [3.63, 3.8) is 0 Å². The van der Waals surface area contributed by atoms with Crippen LogP contribution in [0.1, 0.15) is 0 Å². The first-order valence-corrected chi connectivity index (χ1v) is 0. The van der Waals surface area contributed by atoms with Gasteiger partial charge in [-0.15, -0.1) is 0 Å². The van der Waals surface area contributed by atoms with E-state index in [4.69, 9.17) is 0 Å². The first kappa shape index (κ1) is 45.6. The van der Waals surface area contributed by atoms with Gasteiger partial charge >= 0.3 is 0 Å². The van der Waals surface area contributed by atoms with Gasteiger partial charge in [0.15, 0.2) is 0 Å². The fourth-order valence-electron chi connectivity index (χ4n) is 0. The van der Waals surface area contributed by atoms with Crippen LogP contribution in [0.15, 0.2) is 0 Å². The molecule has 0 fully saturated rings. The molecule has 0 aliphatic carbocycles. The monoisotopic (exact) mass is 178 g/mol. The Morgan fingerprint density at radius 1 is 1.00 bits per heavy atom. The van der Waals surface area contributed by atoms with Crippen LogP contribution in [0.5, 0.6) is 0 Å². The molecule has 0 saturated heterocycles. The second kappa shape index (κ2) is 23.0. The van der Waals surface area contributed by atoms with Gasteiger partial charge in [-0.1, -0.05) is 0 Å². The van der Waals surface area contributed by atoms with Crippen LogP contribution in [0.25, 0.3) is 0 Å². The molecule has 0 nitrogen and oxygen atoms in total. The summed E-state index contributed by atoms with van der Waals surface area (Å²) in [4.78, 5) is 0. The Morgan fingerprint density at radius 2 is 1.00 bits per heavy atom. The molecule has 0 aliphatic rings. The third kappa shape index (κ3) is 9.46. The summed E-state index contributed by atoms with van der Waals surface area (Å²) in [6, 6.07) is 0. The van der Waals surface area contributed by atoms with E-state index >= 15 is 0 Å². The minimum absolute atomic E-state index is 0. The summed E-state index contributed by atoms with van der Waals surface area (Å²) in [5.74, 6) is 0. The number of hydrogen-bond donors (Lipinski definition) is 0. The van der Waals surface area contributed by atoms with Gasteiger partial charge in [0, 0.05) is 59.6 Å². The van der Waals surface area contributed by atoms with Gasteiger partial charge in [-0.05, 0) is 0 Å². The maximum Gasteiger partial charge on any atom is 0 e. The van der Waals surface area contributed by atoms with Gasteiger partial charge < -0.3 is 0 Å². The van der Waals surface area contributed by atoms with Crippen molar-refractivity contribution in [2.75, 3.05) is 0 Å². The molecule has 0 bridgehead atoms. The third-order valence-corrected chi connectivity index (χ3v) is 0. The summed E-state index contributed by atoms with van der Waals surface area (Å²) in [5, 5.41) is 0. The summed E-state index contributed by atoms with van der Waals surface area (Å²) >= 11 is 0. The predicted molar refractivity (Wildman–Crippen MR) is 5.75 cm³/mol. The maximum atomic E-state index is 0. The standard InChI is InChI=1S/B.Co.Cr.Fe. The van der Waals surface area contributed by atoms with Crippen molar-refractivity contribution in [1.29, 1.82) is 0 Å². The third-order valence-electron chi connectivity index (χ3n) is 0. The average molecular weight is 178 g/mol. The first-order chi connectivity index (χ1) is 0. The minimum Gasteiger partial charge on any atom is 0 e. The molecule has 0 heterocycles. The molecular formula is BCoCrFe. The molecule has 4 heteroatoms. The van der Waals surface area contributed by atoms with Crippen LogP contribution in [0, 0.1) is 0 Å². The molecule has 0 spiro atoms. The minimum atomic E-state index is 0. The van der Waals surface area contributed by atoms with Gasteiger partial charge in [0.2, 0.25) is 0 Å². The van der Waals surface area contributed by atoms with E-state index < -0.39 is 0 Å². The van der Waals surface area contributed by atoms with E-state index in [1.54, 1.807) is 0 Å². The van der Waals surface area contributed by atoms with Crippen molar-refractivity contribution in [3.05, 3.63) is 0 Å². The quantitative estimate of drug-likeness (QED) is 0.443. The molecule has 0 N–H and O–H groups in total. The van der Waals surface area contributed by atoms with Gasteiger partial charge in [0.1, 0.15) is 0 Å². The molecule has 0 aromatic rings. The van der Waals surface area contributed by atoms with E-state index in [0.29, 0.717) is 0 Å². The summed E-state index contributed by atoms with van der Waals surface area (Å²) in [7, 11) is 0. The van der Waals surface area contributed by atoms with E-state index in [9.17, 15) is 0 Å². The molecule has 0 unspecified atom stereocenters. The zero-order chi connectivity index (χ0) is 0. The van der Waals surface area contributed by atoms with Gasteiger partial charge in [0.25, 0.3) is 0 Å². The molecule has 0 aromatic heterocycles. The van der Waals surface area contributed by atoms with Crippen molar-refractivity contribution >= 4 is 8.41 Å². The summed E-state index contributed by atoms with van der Waals surface area (Å²) in [6.45, 7) is 0. The van der Waals surface area contributed by atoms with Crippen molar-refractivity contribution in [2.45, 2.75) is 0 Å². The normalized spacial score (nSPS) is 0. The summed E-state index contributed by atoms with van der Waals surface area (Å²) in [6.07, 6.45) is 0.